The number of rotatable bonds is 6. The second kappa shape index (κ2) is 10.3. The Balaban J connectivity index is 0.00000225. The Morgan fingerprint density at radius 2 is 2.04 bits per heavy atom. The Labute approximate surface area is 156 Å². The fourth-order valence-electron chi connectivity index (χ4n) is 4.05. The summed E-state index contributed by atoms with van der Waals surface area (Å²) in [6, 6.07) is -0.0160. The molecule has 144 valence electrons. The second-order valence-electron chi connectivity index (χ2n) is 7.42. The van der Waals surface area contributed by atoms with E-state index in [-0.39, 0.29) is 36.4 Å². The topological polar surface area (TPSA) is 70.7 Å². The molecule has 3 atom stereocenters. The molecule has 0 bridgehead atoms. The highest BCUT2D eigenvalue weighted by atomic mass is 35.5. The third-order valence-corrected chi connectivity index (χ3v) is 5.52. The van der Waals surface area contributed by atoms with Crippen LogP contribution in [0.25, 0.3) is 0 Å². The molecule has 0 aromatic rings. The van der Waals surface area contributed by atoms with E-state index in [0.29, 0.717) is 18.9 Å². The van der Waals surface area contributed by atoms with Crippen LogP contribution in [0.2, 0.25) is 0 Å². The zero-order chi connectivity index (χ0) is 16.8. The standard InChI is InChI=1S/C18H31N3O3.ClH/c22-17(8-7-15-5-3-11-24-15)21-10-2-4-14(13-21)12-20-18(23)16-6-1-9-19-16;/h14-16,19H,1-13H2,(H,20,23);1H. The van der Waals surface area contributed by atoms with Crippen molar-refractivity contribution < 1.29 is 14.3 Å². The molecule has 3 unspecified atom stereocenters. The number of piperidine rings is 1. The molecule has 3 aliphatic rings. The normalized spacial score (nSPS) is 29.3. The smallest absolute Gasteiger partial charge is 0.237 e. The maximum atomic E-state index is 12.4. The van der Waals surface area contributed by atoms with Gasteiger partial charge in [-0.2, -0.15) is 0 Å². The summed E-state index contributed by atoms with van der Waals surface area (Å²) in [5, 5.41) is 6.30. The number of amides is 2. The molecule has 0 radical (unpaired) electrons. The van der Waals surface area contributed by atoms with Crippen molar-refractivity contribution in [3.8, 4) is 0 Å². The van der Waals surface area contributed by atoms with Crippen LogP contribution in [0, 0.1) is 5.92 Å². The van der Waals surface area contributed by atoms with Crippen molar-refractivity contribution in [2.24, 2.45) is 5.92 Å². The molecule has 3 rings (SSSR count). The lowest BCUT2D eigenvalue weighted by Crippen LogP contribution is -2.46. The SMILES string of the molecule is Cl.O=C(NCC1CCCN(C(=O)CCC2CCCO2)C1)C1CCCN1. The van der Waals surface area contributed by atoms with Gasteiger partial charge in [0.2, 0.25) is 11.8 Å². The Hall–Kier alpha value is -0.850. The number of ether oxygens (including phenoxy) is 1. The number of hydrogen-bond acceptors (Lipinski definition) is 4. The van der Waals surface area contributed by atoms with Gasteiger partial charge in [-0.15, -0.1) is 12.4 Å². The molecule has 25 heavy (non-hydrogen) atoms. The molecule has 3 heterocycles. The maximum absolute atomic E-state index is 12.4. The summed E-state index contributed by atoms with van der Waals surface area (Å²) in [5.74, 6) is 0.754. The van der Waals surface area contributed by atoms with Crippen molar-refractivity contribution in [1.29, 1.82) is 0 Å². The van der Waals surface area contributed by atoms with Gasteiger partial charge >= 0.3 is 0 Å². The Morgan fingerprint density at radius 3 is 2.76 bits per heavy atom. The fraction of sp³-hybridized carbons (Fsp3) is 0.889. The first-order valence-electron chi connectivity index (χ1n) is 9.63. The molecule has 3 saturated heterocycles. The fourth-order valence-corrected chi connectivity index (χ4v) is 4.05. The Morgan fingerprint density at radius 1 is 1.16 bits per heavy atom. The number of nitrogens with one attached hydrogen (secondary N) is 2. The summed E-state index contributed by atoms with van der Waals surface area (Å²) in [5.41, 5.74) is 0. The van der Waals surface area contributed by atoms with E-state index in [9.17, 15) is 9.59 Å². The van der Waals surface area contributed by atoms with Gasteiger partial charge in [0.25, 0.3) is 0 Å². The number of likely N-dealkylation sites (tertiary alicyclic amines) is 1. The van der Waals surface area contributed by atoms with Crippen molar-refractivity contribution in [3.63, 3.8) is 0 Å². The highest BCUT2D eigenvalue weighted by molar-refractivity contribution is 5.85. The van der Waals surface area contributed by atoms with E-state index in [1.165, 1.54) is 0 Å². The van der Waals surface area contributed by atoms with E-state index < -0.39 is 0 Å². The van der Waals surface area contributed by atoms with E-state index in [0.717, 1.165) is 71.2 Å². The molecular weight excluding hydrogens is 342 g/mol. The molecule has 0 aromatic carbocycles. The quantitative estimate of drug-likeness (QED) is 0.739. The first-order valence-corrected chi connectivity index (χ1v) is 9.63. The predicted molar refractivity (Wildman–Crippen MR) is 98.8 cm³/mol. The molecule has 3 aliphatic heterocycles. The minimum absolute atomic E-state index is 0. The minimum atomic E-state index is -0.0160. The van der Waals surface area contributed by atoms with Gasteiger partial charge in [0, 0.05) is 32.7 Å². The van der Waals surface area contributed by atoms with Crippen LogP contribution in [-0.4, -0.2) is 61.6 Å². The van der Waals surface area contributed by atoms with E-state index in [2.05, 4.69) is 10.6 Å². The van der Waals surface area contributed by atoms with Gasteiger partial charge in [0.05, 0.1) is 12.1 Å². The van der Waals surface area contributed by atoms with Gasteiger partial charge in [-0.05, 0) is 57.4 Å². The van der Waals surface area contributed by atoms with Crippen LogP contribution in [0.1, 0.15) is 51.4 Å². The summed E-state index contributed by atoms with van der Waals surface area (Å²) in [6.07, 6.45) is 8.09. The summed E-state index contributed by atoms with van der Waals surface area (Å²) >= 11 is 0. The lowest BCUT2D eigenvalue weighted by molar-refractivity contribution is -0.133. The van der Waals surface area contributed by atoms with Gasteiger partial charge in [-0.3, -0.25) is 9.59 Å². The van der Waals surface area contributed by atoms with Crippen molar-refractivity contribution in [3.05, 3.63) is 0 Å². The molecule has 6 nitrogen and oxygen atoms in total. The summed E-state index contributed by atoms with van der Waals surface area (Å²) in [7, 11) is 0. The third kappa shape index (κ3) is 6.12. The van der Waals surface area contributed by atoms with Gasteiger partial charge < -0.3 is 20.3 Å². The summed E-state index contributed by atoms with van der Waals surface area (Å²) in [6.45, 7) is 4.11. The largest absolute Gasteiger partial charge is 0.378 e. The van der Waals surface area contributed by atoms with Gasteiger partial charge in [-0.25, -0.2) is 0 Å². The van der Waals surface area contributed by atoms with Crippen molar-refractivity contribution in [1.82, 2.24) is 15.5 Å². The van der Waals surface area contributed by atoms with Gasteiger partial charge in [-0.1, -0.05) is 0 Å². The number of carbonyl (C=O) groups is 2. The highest BCUT2D eigenvalue weighted by Gasteiger charge is 2.27. The molecule has 0 spiro atoms. The lowest BCUT2D eigenvalue weighted by atomic mass is 9.97. The van der Waals surface area contributed by atoms with Gasteiger partial charge in [0.15, 0.2) is 0 Å². The minimum Gasteiger partial charge on any atom is -0.378 e. The molecular formula is C18H32ClN3O3. The van der Waals surface area contributed by atoms with Crippen LogP contribution >= 0.6 is 12.4 Å². The summed E-state index contributed by atoms with van der Waals surface area (Å²) in [4.78, 5) is 26.5. The monoisotopic (exact) mass is 373 g/mol. The number of hydrogen-bond donors (Lipinski definition) is 2. The maximum Gasteiger partial charge on any atom is 0.237 e. The predicted octanol–water partition coefficient (Wildman–Crippen LogP) is 1.47. The molecule has 2 N–H and O–H groups in total. The first-order chi connectivity index (χ1) is 11.7. The van der Waals surface area contributed by atoms with E-state index in [1.54, 1.807) is 0 Å². The van der Waals surface area contributed by atoms with Crippen LogP contribution in [0.3, 0.4) is 0 Å². The number of nitrogens with zero attached hydrogens (tertiary/aromatic N) is 1. The Kier molecular flexibility index (Phi) is 8.46. The van der Waals surface area contributed by atoms with Gasteiger partial charge in [0.1, 0.15) is 0 Å². The zero-order valence-corrected chi connectivity index (χ0v) is 15.8. The van der Waals surface area contributed by atoms with E-state index in [4.69, 9.17) is 4.74 Å². The van der Waals surface area contributed by atoms with Crippen LogP contribution < -0.4 is 10.6 Å². The molecule has 3 fully saturated rings. The Bertz CT molecular complexity index is 437. The number of halogens is 1. The lowest BCUT2D eigenvalue weighted by Gasteiger charge is -2.33. The third-order valence-electron chi connectivity index (χ3n) is 5.52. The van der Waals surface area contributed by atoms with E-state index in [1.807, 2.05) is 4.90 Å². The van der Waals surface area contributed by atoms with Crippen LogP contribution in [0.5, 0.6) is 0 Å². The molecule has 0 aliphatic carbocycles. The van der Waals surface area contributed by atoms with Crippen molar-refractivity contribution in [2.75, 3.05) is 32.8 Å². The van der Waals surface area contributed by atoms with Crippen LogP contribution in [0.15, 0.2) is 0 Å². The highest BCUT2D eigenvalue weighted by Crippen LogP contribution is 2.20. The molecule has 0 aromatic heterocycles. The van der Waals surface area contributed by atoms with E-state index >= 15 is 0 Å². The average Bonchev–Trinajstić information content (AvgIpc) is 3.31. The average molecular weight is 374 g/mol. The molecule has 7 heteroatoms. The second-order valence-corrected chi connectivity index (χ2v) is 7.42. The number of carbonyl (C=O) groups excluding carboxylic acids is 2. The van der Waals surface area contributed by atoms with Crippen molar-refractivity contribution >= 4 is 24.2 Å². The molecule has 0 saturated carbocycles. The summed E-state index contributed by atoms with van der Waals surface area (Å²) < 4.78 is 5.60. The van der Waals surface area contributed by atoms with Crippen LogP contribution in [0.4, 0.5) is 0 Å². The first kappa shape index (κ1) is 20.5. The zero-order valence-electron chi connectivity index (χ0n) is 15.0. The molecule has 2 amide bonds. The van der Waals surface area contributed by atoms with Crippen LogP contribution in [-0.2, 0) is 14.3 Å². The van der Waals surface area contributed by atoms with Crippen molar-refractivity contribution in [2.45, 2.75) is 63.5 Å².